The Bertz CT molecular complexity index is 4090. The minimum Gasteiger partial charge on any atom is -0.330 e. The minimum atomic E-state index is -0.244. The van der Waals surface area contributed by atoms with E-state index in [-0.39, 0.29) is 12.0 Å². The van der Waals surface area contributed by atoms with Crippen LogP contribution in [0.5, 0.6) is 0 Å². The topological polar surface area (TPSA) is 54.1 Å². The second-order valence-corrected chi connectivity index (χ2v) is 21.9. The molecular formula is C74H60N4. The number of nitrogens with zero attached hydrogens (tertiary/aromatic N) is 4. The van der Waals surface area contributed by atoms with Gasteiger partial charge < -0.3 is 9.80 Å². The van der Waals surface area contributed by atoms with Gasteiger partial charge in [-0.05, 0) is 183 Å². The highest BCUT2D eigenvalue weighted by Gasteiger charge is 2.41. The number of hydrogen-bond acceptors (Lipinski definition) is 4. The third-order valence-corrected chi connectivity index (χ3v) is 15.6. The summed E-state index contributed by atoms with van der Waals surface area (Å²) in [6, 6.07) is 61.8. The number of hydrogen-bond donors (Lipinski definition) is 0. The van der Waals surface area contributed by atoms with Crippen molar-refractivity contribution in [1.82, 2.24) is 0 Å². The number of anilines is 4. The Hall–Kier alpha value is -9.48. The summed E-state index contributed by atoms with van der Waals surface area (Å²) in [4.78, 5) is 4.84. The van der Waals surface area contributed by atoms with E-state index < -0.39 is 0 Å². The van der Waals surface area contributed by atoms with Gasteiger partial charge in [0.2, 0.25) is 0 Å². The van der Waals surface area contributed by atoms with Crippen LogP contribution in [0.2, 0.25) is 0 Å². The van der Waals surface area contributed by atoms with Crippen LogP contribution in [-0.2, 0) is 0 Å². The molecule has 0 spiro atoms. The third-order valence-electron chi connectivity index (χ3n) is 15.6. The van der Waals surface area contributed by atoms with Crippen molar-refractivity contribution in [1.29, 1.82) is 10.5 Å². The normalized spacial score (nSPS) is 15.8. The van der Waals surface area contributed by atoms with Gasteiger partial charge in [-0.1, -0.05) is 184 Å². The lowest BCUT2D eigenvalue weighted by Gasteiger charge is -2.44. The standard InChI is InChI=1S/C74H60N4/c1-45-27-46(2)32-59(31-45)57-19-25-71(67(41-57)61-35-49(5)29-50(6)36-61)77(63-13-9-11-53(39-63)43-75)69-23-17-55-16-22-66-70(24-18-56-15-21-65(69)73(55)74(56)66)78(64-14-10-12-54(40-64)44-76)72-26-20-58(60-33-47(3)28-48(4)34-60)42-68(72)62-37-51(7)30-52(8)38-62/h9-42,69,74H,1-8H3. The molecule has 0 bridgehead atoms. The molecule has 0 aromatic heterocycles. The van der Waals surface area contributed by atoms with Crippen LogP contribution in [0.1, 0.15) is 55.6 Å². The molecule has 4 heteroatoms. The molecule has 376 valence electrons. The second-order valence-electron chi connectivity index (χ2n) is 21.9. The molecule has 4 nitrogen and oxygen atoms in total. The molecule has 78 heavy (non-hydrogen) atoms. The van der Waals surface area contributed by atoms with E-state index >= 15 is 0 Å². The van der Waals surface area contributed by atoms with Crippen molar-refractivity contribution in [3.63, 3.8) is 0 Å². The fourth-order valence-electron chi connectivity index (χ4n) is 12.7. The van der Waals surface area contributed by atoms with E-state index in [0.29, 0.717) is 11.1 Å². The SMILES string of the molecule is Cc1cc(C)cc(-c2ccc(N(C3=C4C=CC5=C6C(=CC=C(C=C3)C46)C(N(c3cccc(C#N)c3)c3ccc(-c4cc(C)cc(C)c4)cc3-c3cc(C)cc(C)c3)C=C5)c3cccc(C#N)c3)c(-c3cc(C)cc(C)c3)c2)c1. The third kappa shape index (κ3) is 9.16. The Labute approximate surface area is 460 Å². The highest BCUT2D eigenvalue weighted by atomic mass is 15.2. The summed E-state index contributed by atoms with van der Waals surface area (Å²) in [5, 5.41) is 20.8. The summed E-state index contributed by atoms with van der Waals surface area (Å²) in [6.07, 6.45) is 18.5. The van der Waals surface area contributed by atoms with Gasteiger partial charge in [0.15, 0.2) is 0 Å². The molecule has 12 rings (SSSR count). The van der Waals surface area contributed by atoms with Crippen molar-refractivity contribution < 1.29 is 0 Å². The monoisotopic (exact) mass is 1000 g/mol. The molecule has 0 saturated carbocycles. The quantitative estimate of drug-likeness (QED) is 0.137. The Morgan fingerprint density at radius 3 is 1.44 bits per heavy atom. The van der Waals surface area contributed by atoms with Gasteiger partial charge >= 0.3 is 0 Å². The van der Waals surface area contributed by atoms with E-state index in [1.165, 1.54) is 83.5 Å². The predicted molar refractivity (Wildman–Crippen MR) is 324 cm³/mol. The summed E-state index contributed by atoms with van der Waals surface area (Å²) in [5.41, 5.74) is 31.1. The average Bonchev–Trinajstić information content (AvgIpc) is 3.43. The van der Waals surface area contributed by atoms with Gasteiger partial charge in [-0.15, -0.1) is 0 Å². The Kier molecular flexibility index (Phi) is 12.6. The molecule has 8 aromatic rings. The zero-order valence-electron chi connectivity index (χ0n) is 45.6. The summed E-state index contributed by atoms with van der Waals surface area (Å²) >= 11 is 0. The van der Waals surface area contributed by atoms with Crippen molar-refractivity contribution in [2.45, 2.75) is 61.4 Å². The van der Waals surface area contributed by atoms with Crippen LogP contribution in [0.4, 0.5) is 22.7 Å². The van der Waals surface area contributed by atoms with Crippen molar-refractivity contribution in [2.24, 2.45) is 5.92 Å². The van der Waals surface area contributed by atoms with Gasteiger partial charge in [0.05, 0.1) is 40.7 Å². The van der Waals surface area contributed by atoms with Crippen molar-refractivity contribution in [2.75, 3.05) is 9.80 Å². The highest BCUT2D eigenvalue weighted by Crippen LogP contribution is 2.53. The van der Waals surface area contributed by atoms with Crippen molar-refractivity contribution in [3.8, 4) is 56.6 Å². The maximum absolute atomic E-state index is 10.4. The fraction of sp³-hybridized carbons (Fsp3) is 0.135. The first-order chi connectivity index (χ1) is 37.8. The van der Waals surface area contributed by atoms with Crippen LogP contribution in [0.15, 0.2) is 240 Å². The van der Waals surface area contributed by atoms with Crippen LogP contribution in [-0.4, -0.2) is 6.04 Å². The molecule has 0 N–H and O–H groups in total. The van der Waals surface area contributed by atoms with Crippen LogP contribution < -0.4 is 9.80 Å². The van der Waals surface area contributed by atoms with E-state index in [4.69, 9.17) is 0 Å². The minimum absolute atomic E-state index is 0.0866. The van der Waals surface area contributed by atoms with E-state index in [9.17, 15) is 10.5 Å². The van der Waals surface area contributed by atoms with Crippen LogP contribution >= 0.6 is 0 Å². The molecule has 0 heterocycles. The van der Waals surface area contributed by atoms with Crippen LogP contribution in [0.25, 0.3) is 44.5 Å². The number of benzene rings is 8. The first-order valence-corrected chi connectivity index (χ1v) is 27.0. The summed E-state index contributed by atoms with van der Waals surface area (Å²) in [6.45, 7) is 17.4. The van der Waals surface area contributed by atoms with Gasteiger partial charge in [-0.25, -0.2) is 0 Å². The van der Waals surface area contributed by atoms with Gasteiger partial charge in [-0.2, -0.15) is 10.5 Å². The lowest BCUT2D eigenvalue weighted by atomic mass is 9.67. The van der Waals surface area contributed by atoms with E-state index in [0.717, 1.165) is 61.8 Å². The number of aryl methyl sites for hydroxylation is 8. The first kappa shape index (κ1) is 49.4. The number of nitriles is 2. The maximum Gasteiger partial charge on any atom is 0.0992 e. The number of rotatable bonds is 10. The lowest BCUT2D eigenvalue weighted by Crippen LogP contribution is -2.37. The van der Waals surface area contributed by atoms with E-state index in [1.54, 1.807) is 0 Å². The largest absolute Gasteiger partial charge is 0.330 e. The Balaban J connectivity index is 1.05. The molecule has 0 saturated heterocycles. The Morgan fingerprint density at radius 2 is 0.897 bits per heavy atom. The molecule has 0 radical (unpaired) electrons. The van der Waals surface area contributed by atoms with E-state index in [2.05, 4.69) is 247 Å². The van der Waals surface area contributed by atoms with Gasteiger partial charge in [0.25, 0.3) is 0 Å². The number of allylic oxidation sites excluding steroid dienone is 10. The van der Waals surface area contributed by atoms with Crippen molar-refractivity contribution >= 4 is 22.7 Å². The summed E-state index contributed by atoms with van der Waals surface area (Å²) in [5.74, 6) is -0.0866. The molecule has 4 aliphatic carbocycles. The summed E-state index contributed by atoms with van der Waals surface area (Å²) in [7, 11) is 0. The fourth-order valence-corrected chi connectivity index (χ4v) is 12.7. The van der Waals surface area contributed by atoms with Gasteiger partial charge in [0, 0.05) is 34.1 Å². The lowest BCUT2D eigenvalue weighted by molar-refractivity contribution is 0.773. The second kappa shape index (κ2) is 19.9. The molecule has 8 aromatic carbocycles. The zero-order valence-corrected chi connectivity index (χ0v) is 45.6. The predicted octanol–water partition coefficient (Wildman–Crippen LogP) is 18.7. The molecule has 0 fully saturated rings. The molecule has 2 atom stereocenters. The Morgan fingerprint density at radius 1 is 0.410 bits per heavy atom. The van der Waals surface area contributed by atoms with Gasteiger partial charge in [-0.3, -0.25) is 0 Å². The van der Waals surface area contributed by atoms with E-state index in [1.807, 2.05) is 36.4 Å². The molecule has 4 aliphatic rings. The van der Waals surface area contributed by atoms with Crippen molar-refractivity contribution in [3.05, 3.63) is 296 Å². The molecular weight excluding hydrogens is 945 g/mol. The smallest absolute Gasteiger partial charge is 0.0992 e. The van der Waals surface area contributed by atoms with Crippen LogP contribution in [0, 0.1) is 84.0 Å². The average molecular weight is 1010 g/mol. The highest BCUT2D eigenvalue weighted by molar-refractivity contribution is 5.92. The van der Waals surface area contributed by atoms with Crippen LogP contribution in [0.3, 0.4) is 0 Å². The summed E-state index contributed by atoms with van der Waals surface area (Å²) < 4.78 is 0. The zero-order chi connectivity index (χ0) is 53.9. The molecule has 2 unspecified atom stereocenters. The molecule has 0 aliphatic heterocycles. The maximum atomic E-state index is 10.4. The molecule has 0 amide bonds. The van der Waals surface area contributed by atoms with Gasteiger partial charge in [0.1, 0.15) is 0 Å². The first-order valence-electron chi connectivity index (χ1n) is 27.0.